The number of fused-ring (bicyclic) bond motifs is 5. The van der Waals surface area contributed by atoms with E-state index in [2.05, 4.69) is 18.5 Å². The molecule has 5 atom stereocenters. The molecule has 5 rings (SSSR count). The van der Waals surface area contributed by atoms with Crippen LogP contribution in [-0.4, -0.2) is 28.4 Å². The lowest BCUT2D eigenvalue weighted by Crippen LogP contribution is -2.43. The van der Waals surface area contributed by atoms with Crippen molar-refractivity contribution in [1.82, 2.24) is 5.48 Å². The van der Waals surface area contributed by atoms with Gasteiger partial charge in [0.2, 0.25) is 5.75 Å². The molecule has 0 saturated heterocycles. The molecule has 2 aromatic carbocycles. The molecule has 0 aliphatic heterocycles. The maximum Gasteiger partial charge on any atom is 0.314 e. The minimum atomic E-state index is -0.487. The van der Waals surface area contributed by atoms with Crippen molar-refractivity contribution in [3.05, 3.63) is 63.7 Å². The smallest absolute Gasteiger partial charge is 0.314 e. The number of nitrogens with one attached hydrogen (secondary N) is 1. The number of nitro groups is 1. The second-order valence-corrected chi connectivity index (χ2v) is 9.55. The van der Waals surface area contributed by atoms with Crippen molar-refractivity contribution in [1.29, 1.82) is 0 Å². The Morgan fingerprint density at radius 3 is 2.73 bits per heavy atom. The lowest BCUT2D eigenvalue weighted by Gasteiger charge is -2.48. The first kappa shape index (κ1) is 21.6. The zero-order valence-corrected chi connectivity index (χ0v) is 18.7. The van der Waals surface area contributed by atoms with E-state index in [1.807, 2.05) is 6.07 Å². The molecule has 3 aliphatic rings. The summed E-state index contributed by atoms with van der Waals surface area (Å²) in [4.78, 5) is 16.6. The van der Waals surface area contributed by atoms with Crippen molar-refractivity contribution in [2.45, 2.75) is 44.6 Å². The second-order valence-electron chi connectivity index (χ2n) is 9.55. The third kappa shape index (κ3) is 3.40. The van der Waals surface area contributed by atoms with Gasteiger partial charge in [-0.2, -0.15) is 0 Å². The van der Waals surface area contributed by atoms with Crippen molar-refractivity contribution in [3.8, 4) is 17.2 Å². The average molecular weight is 453 g/mol. The highest BCUT2D eigenvalue weighted by Gasteiger charge is 2.54. The standard InChI is InChI=1S/C25H28N2O6/c1-25-10-9-14-15-13-23(32-2)21(28)12-17(15)19(11-16(14)18(25)7-8-24(25)29)26-33-22-6-4-3-5-20(22)27(30)31/h3-6,11-14,16,18,24,26,28-29H,7-10H2,1-2H3/t14-,16-,18+,24+,25+/m1/s1. The highest BCUT2D eigenvalue weighted by molar-refractivity contribution is 5.73. The van der Waals surface area contributed by atoms with E-state index in [0.29, 0.717) is 17.4 Å². The summed E-state index contributed by atoms with van der Waals surface area (Å²) < 4.78 is 5.38. The van der Waals surface area contributed by atoms with E-state index in [4.69, 9.17) is 9.57 Å². The molecule has 8 heteroatoms. The molecule has 33 heavy (non-hydrogen) atoms. The summed E-state index contributed by atoms with van der Waals surface area (Å²) in [5, 5.41) is 32.6. The van der Waals surface area contributed by atoms with Gasteiger partial charge in [0.05, 0.1) is 23.8 Å². The Hall–Kier alpha value is -3.26. The fourth-order valence-electron chi connectivity index (χ4n) is 6.23. The first-order chi connectivity index (χ1) is 15.8. The molecule has 0 spiro atoms. The number of aromatic hydroxyl groups is 1. The zero-order chi connectivity index (χ0) is 23.3. The Bertz CT molecular complexity index is 1130. The lowest BCUT2D eigenvalue weighted by atomic mass is 9.56. The van der Waals surface area contributed by atoms with Crippen LogP contribution < -0.4 is 15.1 Å². The molecule has 3 aliphatic carbocycles. The first-order valence-corrected chi connectivity index (χ1v) is 11.3. The summed E-state index contributed by atoms with van der Waals surface area (Å²) in [7, 11) is 1.53. The molecule has 2 fully saturated rings. The molecule has 0 bridgehead atoms. The van der Waals surface area contributed by atoms with E-state index in [0.717, 1.165) is 36.8 Å². The van der Waals surface area contributed by atoms with E-state index in [9.17, 15) is 20.3 Å². The fraction of sp³-hybridized carbons (Fsp3) is 0.440. The number of phenolic OH excluding ortho intramolecular Hbond substituents is 1. The molecule has 0 heterocycles. The number of phenols is 1. The molecular formula is C25H28N2O6. The van der Waals surface area contributed by atoms with Crippen molar-refractivity contribution in [2.24, 2.45) is 17.3 Å². The average Bonchev–Trinajstić information content (AvgIpc) is 3.11. The number of nitrogens with zero attached hydrogens (tertiary/aromatic N) is 1. The molecule has 2 aromatic rings. The Balaban J connectivity index is 1.55. The number of aliphatic hydroxyl groups is 1. The minimum Gasteiger partial charge on any atom is -0.504 e. The molecule has 0 aromatic heterocycles. The van der Waals surface area contributed by atoms with E-state index in [-0.39, 0.29) is 40.5 Å². The van der Waals surface area contributed by atoms with Crippen molar-refractivity contribution in [2.75, 3.05) is 7.11 Å². The van der Waals surface area contributed by atoms with E-state index < -0.39 is 4.92 Å². The van der Waals surface area contributed by atoms with Crippen molar-refractivity contribution in [3.63, 3.8) is 0 Å². The van der Waals surface area contributed by atoms with Crippen LogP contribution in [0.2, 0.25) is 0 Å². The van der Waals surface area contributed by atoms with Gasteiger partial charge in [-0.1, -0.05) is 25.1 Å². The topological polar surface area (TPSA) is 114 Å². The predicted molar refractivity (Wildman–Crippen MR) is 122 cm³/mol. The van der Waals surface area contributed by atoms with Crippen LogP contribution in [0.25, 0.3) is 5.70 Å². The third-order valence-electron chi connectivity index (χ3n) is 8.02. The Morgan fingerprint density at radius 1 is 1.18 bits per heavy atom. The maximum atomic E-state index is 11.4. The molecule has 0 amide bonds. The van der Waals surface area contributed by atoms with Gasteiger partial charge in [0.15, 0.2) is 11.5 Å². The number of benzene rings is 2. The number of hydroxylamine groups is 1. The van der Waals surface area contributed by atoms with E-state index in [1.165, 1.54) is 19.2 Å². The Morgan fingerprint density at radius 2 is 1.97 bits per heavy atom. The van der Waals surface area contributed by atoms with Gasteiger partial charge >= 0.3 is 5.69 Å². The highest BCUT2D eigenvalue weighted by atomic mass is 16.7. The molecular weight excluding hydrogens is 424 g/mol. The first-order valence-electron chi connectivity index (χ1n) is 11.3. The molecule has 0 unspecified atom stereocenters. The van der Waals surface area contributed by atoms with Crippen LogP contribution in [0.5, 0.6) is 17.2 Å². The fourth-order valence-corrected chi connectivity index (χ4v) is 6.23. The van der Waals surface area contributed by atoms with Gasteiger partial charge in [-0.05, 0) is 72.6 Å². The van der Waals surface area contributed by atoms with E-state index >= 15 is 0 Å². The van der Waals surface area contributed by atoms with Crippen LogP contribution >= 0.6 is 0 Å². The van der Waals surface area contributed by atoms with Gasteiger partial charge in [-0.25, -0.2) is 5.48 Å². The summed E-state index contributed by atoms with van der Waals surface area (Å²) in [5.74, 6) is 1.24. The lowest BCUT2D eigenvalue weighted by molar-refractivity contribution is -0.386. The quantitative estimate of drug-likeness (QED) is 0.451. The van der Waals surface area contributed by atoms with Crippen molar-refractivity contribution >= 4 is 11.4 Å². The van der Waals surface area contributed by atoms with Crippen LogP contribution in [0.15, 0.2) is 42.5 Å². The van der Waals surface area contributed by atoms with Crippen LogP contribution in [0.4, 0.5) is 5.69 Å². The molecule has 0 radical (unpaired) electrons. The molecule has 3 N–H and O–H groups in total. The molecule has 2 saturated carbocycles. The number of allylic oxidation sites excluding steroid dienone is 1. The van der Waals surface area contributed by atoms with Gasteiger partial charge in [0.25, 0.3) is 0 Å². The van der Waals surface area contributed by atoms with Gasteiger partial charge in [0, 0.05) is 11.6 Å². The largest absolute Gasteiger partial charge is 0.504 e. The van der Waals surface area contributed by atoms with Gasteiger partial charge in [-0.3, -0.25) is 10.1 Å². The SMILES string of the molecule is COc1cc2c(cc1O)C(NOc1ccccc1[N+](=O)[O-])=C[C@@H]1[C@@H]2CC[C@]2(C)[C@@H](O)CC[C@@H]12. The number of aliphatic hydroxyl groups excluding tert-OH is 1. The Kier molecular flexibility index (Phi) is 5.20. The van der Waals surface area contributed by atoms with Crippen LogP contribution in [0.1, 0.15) is 49.7 Å². The number of nitro benzene ring substituents is 1. The van der Waals surface area contributed by atoms with Crippen LogP contribution in [0.3, 0.4) is 0 Å². The Labute approximate surface area is 191 Å². The normalized spacial score (nSPS) is 29.8. The van der Waals surface area contributed by atoms with Crippen LogP contribution in [-0.2, 0) is 0 Å². The van der Waals surface area contributed by atoms with Gasteiger partial charge in [-0.15, -0.1) is 0 Å². The van der Waals surface area contributed by atoms with Gasteiger partial charge in [0.1, 0.15) is 0 Å². The molecule has 174 valence electrons. The minimum absolute atomic E-state index is 0.0185. The number of methoxy groups -OCH3 is 1. The monoisotopic (exact) mass is 452 g/mol. The number of hydrogen-bond acceptors (Lipinski definition) is 7. The highest BCUT2D eigenvalue weighted by Crippen LogP contribution is 2.61. The maximum absolute atomic E-state index is 11.4. The summed E-state index contributed by atoms with van der Waals surface area (Å²) in [6.45, 7) is 2.18. The van der Waals surface area contributed by atoms with E-state index in [1.54, 1.807) is 18.2 Å². The summed E-state index contributed by atoms with van der Waals surface area (Å²) in [5.41, 5.74) is 5.14. The number of para-hydroxylation sites is 2. The third-order valence-corrected chi connectivity index (χ3v) is 8.02. The summed E-state index contributed by atoms with van der Waals surface area (Å²) in [6, 6.07) is 9.73. The number of rotatable bonds is 5. The summed E-state index contributed by atoms with van der Waals surface area (Å²) in [6.07, 6.45) is 5.40. The van der Waals surface area contributed by atoms with Gasteiger partial charge < -0.3 is 19.8 Å². The van der Waals surface area contributed by atoms with Crippen LogP contribution in [0, 0.1) is 27.4 Å². The number of hydrogen-bond donors (Lipinski definition) is 3. The predicted octanol–water partition coefficient (Wildman–Crippen LogP) is 4.52. The molecule has 8 nitrogen and oxygen atoms in total. The van der Waals surface area contributed by atoms with Crippen molar-refractivity contribution < 1.29 is 24.7 Å². The zero-order valence-electron chi connectivity index (χ0n) is 18.7. The second kappa shape index (κ2) is 7.95. The number of ether oxygens (including phenoxy) is 1. The summed E-state index contributed by atoms with van der Waals surface area (Å²) >= 11 is 0.